The van der Waals surface area contributed by atoms with Crippen LogP contribution in [0.5, 0.6) is 0 Å². The lowest BCUT2D eigenvalue weighted by atomic mass is 9.68. The molecule has 0 aromatic rings. The molecule has 1 saturated heterocycles. The van der Waals surface area contributed by atoms with E-state index in [0.717, 1.165) is 5.57 Å². The first-order valence-corrected chi connectivity index (χ1v) is 8.92. The Morgan fingerprint density at radius 3 is 2.54 bits per heavy atom. The molecule has 1 fully saturated rings. The second kappa shape index (κ2) is 8.29. The van der Waals surface area contributed by atoms with Gasteiger partial charge in [0.15, 0.2) is 12.1 Å². The van der Waals surface area contributed by atoms with Crippen molar-refractivity contribution in [3.05, 3.63) is 23.8 Å². The summed E-state index contributed by atoms with van der Waals surface area (Å²) in [5, 5.41) is 38.9. The Morgan fingerprint density at radius 2 is 1.96 bits per heavy atom. The van der Waals surface area contributed by atoms with Gasteiger partial charge < -0.3 is 29.9 Å². The summed E-state index contributed by atoms with van der Waals surface area (Å²) in [4.78, 5) is 11.8. The van der Waals surface area contributed by atoms with Crippen LogP contribution in [-0.4, -0.2) is 69.6 Å². The van der Waals surface area contributed by atoms with E-state index in [1.165, 1.54) is 0 Å². The fourth-order valence-electron chi connectivity index (χ4n) is 3.69. The summed E-state index contributed by atoms with van der Waals surface area (Å²) in [7, 11) is 0. The minimum absolute atomic E-state index is 0.0843. The van der Waals surface area contributed by atoms with Gasteiger partial charge in [0.2, 0.25) is 0 Å². The van der Waals surface area contributed by atoms with Gasteiger partial charge >= 0.3 is 0 Å². The molecule has 1 aliphatic carbocycles. The highest BCUT2D eigenvalue weighted by molar-refractivity contribution is 5.92. The Bertz CT molecular complexity index is 566. The molecule has 0 aromatic carbocycles. The molecule has 2 rings (SSSR count). The number of ketones is 1. The zero-order valence-corrected chi connectivity index (χ0v) is 15.7. The molecule has 2 aliphatic rings. The summed E-state index contributed by atoms with van der Waals surface area (Å²) >= 11 is 0. The van der Waals surface area contributed by atoms with E-state index in [1.807, 2.05) is 32.9 Å². The third-order valence-corrected chi connectivity index (χ3v) is 5.12. The van der Waals surface area contributed by atoms with Gasteiger partial charge in [-0.15, -0.1) is 0 Å². The lowest BCUT2D eigenvalue weighted by molar-refractivity contribution is -0.306. The van der Waals surface area contributed by atoms with Crippen molar-refractivity contribution in [3.63, 3.8) is 0 Å². The Labute approximate surface area is 153 Å². The molecule has 0 bridgehead atoms. The van der Waals surface area contributed by atoms with E-state index in [4.69, 9.17) is 9.47 Å². The maximum absolute atomic E-state index is 11.8. The van der Waals surface area contributed by atoms with E-state index < -0.39 is 43.4 Å². The van der Waals surface area contributed by atoms with Crippen molar-refractivity contribution in [1.29, 1.82) is 0 Å². The average Bonchev–Trinajstić information content (AvgIpc) is 2.53. The maximum Gasteiger partial charge on any atom is 0.187 e. The van der Waals surface area contributed by atoms with Gasteiger partial charge in [-0.25, -0.2) is 0 Å². The van der Waals surface area contributed by atoms with E-state index in [1.54, 1.807) is 13.0 Å². The molecule has 0 unspecified atom stereocenters. The number of carbonyl (C=O) groups is 1. The van der Waals surface area contributed by atoms with Gasteiger partial charge in [0, 0.05) is 12.3 Å². The van der Waals surface area contributed by atoms with E-state index in [2.05, 4.69) is 0 Å². The third-order valence-electron chi connectivity index (χ3n) is 5.12. The van der Waals surface area contributed by atoms with Crippen LogP contribution in [0.25, 0.3) is 0 Å². The fourth-order valence-corrected chi connectivity index (χ4v) is 3.69. The highest BCUT2D eigenvalue weighted by Crippen LogP contribution is 2.40. The van der Waals surface area contributed by atoms with Gasteiger partial charge in [0.1, 0.15) is 24.4 Å². The predicted molar refractivity (Wildman–Crippen MR) is 94.1 cm³/mol. The number of aliphatic hydroxyl groups is 4. The Hall–Kier alpha value is -1.09. The molecular weight excluding hydrogens is 340 g/mol. The molecule has 4 N–H and O–H groups in total. The van der Waals surface area contributed by atoms with Gasteiger partial charge in [-0.1, -0.05) is 31.6 Å². The van der Waals surface area contributed by atoms with E-state index >= 15 is 0 Å². The van der Waals surface area contributed by atoms with Crippen LogP contribution in [0.3, 0.4) is 0 Å². The van der Waals surface area contributed by atoms with Crippen LogP contribution in [0.4, 0.5) is 0 Å². The maximum atomic E-state index is 11.8. The quantitative estimate of drug-likeness (QED) is 0.515. The predicted octanol–water partition coefficient (Wildman–Crippen LogP) is 0.309. The number of hydrogen-bond donors (Lipinski definition) is 4. The normalized spacial score (nSPS) is 39.1. The van der Waals surface area contributed by atoms with Crippen LogP contribution in [0.2, 0.25) is 0 Å². The largest absolute Gasteiger partial charge is 0.394 e. The number of rotatable bonds is 5. The summed E-state index contributed by atoms with van der Waals surface area (Å²) in [6.45, 7) is 7.28. The number of allylic oxidation sites excluding steroid dienone is 3. The molecule has 0 saturated carbocycles. The van der Waals surface area contributed by atoms with E-state index in [-0.39, 0.29) is 17.1 Å². The van der Waals surface area contributed by atoms with Gasteiger partial charge in [-0.3, -0.25) is 4.79 Å². The molecular formula is C19H30O7. The van der Waals surface area contributed by atoms with Crippen LogP contribution in [0.1, 0.15) is 34.1 Å². The average molecular weight is 370 g/mol. The summed E-state index contributed by atoms with van der Waals surface area (Å²) in [6, 6.07) is 0. The van der Waals surface area contributed by atoms with Crippen molar-refractivity contribution < 1.29 is 34.7 Å². The molecule has 0 spiro atoms. The van der Waals surface area contributed by atoms with E-state index in [0.29, 0.717) is 6.42 Å². The second-order valence-corrected chi connectivity index (χ2v) is 7.92. The Morgan fingerprint density at radius 1 is 1.31 bits per heavy atom. The molecule has 0 aromatic heterocycles. The van der Waals surface area contributed by atoms with Crippen LogP contribution in [-0.2, 0) is 14.3 Å². The first-order valence-electron chi connectivity index (χ1n) is 8.92. The number of hydrogen-bond acceptors (Lipinski definition) is 7. The fraction of sp³-hybridized carbons (Fsp3) is 0.737. The molecule has 1 heterocycles. The molecule has 26 heavy (non-hydrogen) atoms. The number of carbonyl (C=O) groups excluding carboxylic acids is 1. The minimum atomic E-state index is -1.46. The first kappa shape index (κ1) is 21.2. The van der Waals surface area contributed by atoms with Gasteiger partial charge in [0.05, 0.1) is 12.7 Å². The molecule has 7 heteroatoms. The molecule has 148 valence electrons. The van der Waals surface area contributed by atoms with Crippen molar-refractivity contribution in [1.82, 2.24) is 0 Å². The zero-order chi connectivity index (χ0) is 19.6. The highest BCUT2D eigenvalue weighted by atomic mass is 16.7. The van der Waals surface area contributed by atoms with Crippen LogP contribution in [0.15, 0.2) is 23.8 Å². The lowest BCUT2D eigenvalue weighted by Crippen LogP contribution is -2.59. The van der Waals surface area contributed by atoms with E-state index in [9.17, 15) is 25.2 Å². The van der Waals surface area contributed by atoms with Gasteiger partial charge in [0.25, 0.3) is 0 Å². The topological polar surface area (TPSA) is 116 Å². The van der Waals surface area contributed by atoms with Crippen molar-refractivity contribution in [2.24, 2.45) is 11.3 Å². The lowest BCUT2D eigenvalue weighted by Gasteiger charge is -2.40. The molecule has 7 atom stereocenters. The third kappa shape index (κ3) is 4.60. The van der Waals surface area contributed by atoms with Gasteiger partial charge in [-0.2, -0.15) is 0 Å². The SMILES string of the molecule is CC1=CC(=O)CC(C)(C)[C@@H]1/C=C/[C@H](C)O[C@@H]1O[C@H](CO)[C@@H](O)[C@H](O)[C@H]1O. The van der Waals surface area contributed by atoms with Gasteiger partial charge in [-0.05, 0) is 25.3 Å². The summed E-state index contributed by atoms with van der Waals surface area (Å²) < 4.78 is 11.0. The van der Waals surface area contributed by atoms with Crippen LogP contribution < -0.4 is 0 Å². The smallest absolute Gasteiger partial charge is 0.187 e. The highest BCUT2D eigenvalue weighted by Gasteiger charge is 2.44. The van der Waals surface area contributed by atoms with Crippen LogP contribution >= 0.6 is 0 Å². The Kier molecular flexibility index (Phi) is 6.76. The molecule has 7 nitrogen and oxygen atoms in total. The summed E-state index contributed by atoms with van der Waals surface area (Å²) in [5.74, 6) is 0.212. The summed E-state index contributed by atoms with van der Waals surface area (Å²) in [5.41, 5.74) is 0.789. The standard InChI is InChI=1S/C19H30O7/c1-10-7-12(21)8-19(3,4)13(10)6-5-11(2)25-18-17(24)16(23)15(22)14(9-20)26-18/h5-7,11,13-18,20,22-24H,8-9H2,1-4H3/b6-5+/t11-,13+,14+,15+,16-,17+,18+/m0/s1. The van der Waals surface area contributed by atoms with Crippen molar-refractivity contribution >= 4 is 5.78 Å². The number of aliphatic hydroxyl groups excluding tert-OH is 4. The molecule has 0 amide bonds. The van der Waals surface area contributed by atoms with Crippen LogP contribution in [0, 0.1) is 11.3 Å². The second-order valence-electron chi connectivity index (χ2n) is 7.92. The summed E-state index contributed by atoms with van der Waals surface area (Å²) in [6.07, 6.45) is -0.958. The zero-order valence-electron chi connectivity index (χ0n) is 15.7. The first-order chi connectivity index (χ1) is 12.1. The minimum Gasteiger partial charge on any atom is -0.394 e. The molecule has 1 aliphatic heterocycles. The van der Waals surface area contributed by atoms with Crippen molar-refractivity contribution in [3.8, 4) is 0 Å². The van der Waals surface area contributed by atoms with Crippen molar-refractivity contribution in [2.45, 2.75) is 70.9 Å². The monoisotopic (exact) mass is 370 g/mol. The number of ether oxygens (including phenoxy) is 2. The molecule has 0 radical (unpaired) electrons. The van der Waals surface area contributed by atoms with Crippen molar-refractivity contribution in [2.75, 3.05) is 6.61 Å². The Balaban J connectivity index is 2.03.